The van der Waals surface area contributed by atoms with Gasteiger partial charge in [-0.15, -0.1) is 0 Å². The first kappa shape index (κ1) is 14.3. The van der Waals surface area contributed by atoms with E-state index in [1.807, 2.05) is 0 Å². The van der Waals surface area contributed by atoms with Crippen LogP contribution in [0, 0.1) is 11.8 Å². The Hall–Kier alpha value is -1.10. The van der Waals surface area contributed by atoms with E-state index < -0.39 is 12.0 Å². The van der Waals surface area contributed by atoms with Crippen molar-refractivity contribution in [1.29, 1.82) is 0 Å². The predicted octanol–water partition coefficient (Wildman–Crippen LogP) is 1.22. The number of amides is 1. The van der Waals surface area contributed by atoms with Gasteiger partial charge in [-0.2, -0.15) is 0 Å². The van der Waals surface area contributed by atoms with Crippen LogP contribution in [0.2, 0.25) is 0 Å². The van der Waals surface area contributed by atoms with Crippen LogP contribution in [0.1, 0.15) is 44.9 Å². The fraction of sp³-hybridized carbons (Fsp3) is 0.857. The minimum absolute atomic E-state index is 0.0299. The van der Waals surface area contributed by atoms with Gasteiger partial charge in [-0.3, -0.25) is 4.79 Å². The maximum Gasteiger partial charge on any atom is 0.326 e. The molecule has 0 radical (unpaired) electrons. The van der Waals surface area contributed by atoms with Crippen LogP contribution in [-0.2, 0) is 9.59 Å². The highest BCUT2D eigenvalue weighted by Gasteiger charge is 2.38. The number of likely N-dealkylation sites (tertiary alicyclic amines) is 1. The Kier molecular flexibility index (Phi) is 4.80. The van der Waals surface area contributed by atoms with Gasteiger partial charge in [0.05, 0.1) is 0 Å². The smallest absolute Gasteiger partial charge is 0.326 e. The van der Waals surface area contributed by atoms with E-state index in [1.54, 1.807) is 4.90 Å². The number of carboxylic acids is 1. The molecule has 0 aromatic rings. The number of rotatable bonds is 3. The number of hydrogen-bond donors (Lipinski definition) is 2. The molecule has 2 unspecified atom stereocenters. The number of carbonyl (C=O) groups excluding carboxylic acids is 1. The molecule has 1 aliphatic heterocycles. The molecular weight excluding hydrogens is 244 g/mol. The fourth-order valence-corrected chi connectivity index (χ4v) is 3.48. The molecule has 2 rings (SSSR count). The minimum Gasteiger partial charge on any atom is -0.480 e. The molecule has 1 aliphatic carbocycles. The van der Waals surface area contributed by atoms with Gasteiger partial charge >= 0.3 is 5.97 Å². The number of hydrogen-bond acceptors (Lipinski definition) is 3. The Bertz CT molecular complexity index is 346. The van der Waals surface area contributed by atoms with Crippen molar-refractivity contribution in [2.75, 3.05) is 13.1 Å². The molecule has 3 N–H and O–H groups in total. The van der Waals surface area contributed by atoms with Crippen LogP contribution in [0.3, 0.4) is 0 Å². The van der Waals surface area contributed by atoms with Crippen molar-refractivity contribution in [1.82, 2.24) is 4.90 Å². The maximum atomic E-state index is 12.6. The van der Waals surface area contributed by atoms with Gasteiger partial charge in [0.25, 0.3) is 0 Å². The number of nitrogens with zero attached hydrogens (tertiary/aromatic N) is 1. The van der Waals surface area contributed by atoms with Crippen LogP contribution in [-0.4, -0.2) is 41.0 Å². The minimum atomic E-state index is -0.867. The molecule has 5 heteroatoms. The van der Waals surface area contributed by atoms with Crippen molar-refractivity contribution >= 4 is 11.9 Å². The average Bonchev–Trinajstić information content (AvgIpc) is 2.46. The average molecular weight is 268 g/mol. The fourth-order valence-electron chi connectivity index (χ4n) is 3.48. The molecule has 5 nitrogen and oxygen atoms in total. The third kappa shape index (κ3) is 3.08. The second kappa shape index (κ2) is 6.37. The summed E-state index contributed by atoms with van der Waals surface area (Å²) in [5.74, 6) is -0.660. The number of carbonyl (C=O) groups is 2. The molecule has 0 spiro atoms. The number of carboxylic acid groups (broad SMARTS) is 1. The van der Waals surface area contributed by atoms with Crippen LogP contribution >= 0.6 is 0 Å². The highest BCUT2D eigenvalue weighted by molar-refractivity contribution is 5.85. The maximum absolute atomic E-state index is 12.6. The van der Waals surface area contributed by atoms with E-state index in [4.69, 9.17) is 5.73 Å². The summed E-state index contributed by atoms with van der Waals surface area (Å²) in [5.41, 5.74) is 5.77. The van der Waals surface area contributed by atoms with Gasteiger partial charge in [0.15, 0.2) is 0 Å². The first-order chi connectivity index (χ1) is 9.15. The first-order valence-electron chi connectivity index (χ1n) is 7.38. The van der Waals surface area contributed by atoms with Gasteiger partial charge in [-0.05, 0) is 44.6 Å². The van der Waals surface area contributed by atoms with E-state index in [9.17, 15) is 14.7 Å². The zero-order valence-corrected chi connectivity index (χ0v) is 11.4. The van der Waals surface area contributed by atoms with Crippen molar-refractivity contribution in [3.05, 3.63) is 0 Å². The van der Waals surface area contributed by atoms with Gasteiger partial charge in [-0.1, -0.05) is 12.8 Å². The molecule has 108 valence electrons. The molecule has 1 saturated carbocycles. The van der Waals surface area contributed by atoms with Gasteiger partial charge in [0, 0.05) is 12.5 Å². The van der Waals surface area contributed by atoms with Gasteiger partial charge in [0.2, 0.25) is 5.91 Å². The first-order valence-corrected chi connectivity index (χ1v) is 7.38. The van der Waals surface area contributed by atoms with Crippen LogP contribution < -0.4 is 5.73 Å². The molecule has 2 aliphatic rings. The monoisotopic (exact) mass is 268 g/mol. The zero-order valence-electron chi connectivity index (χ0n) is 11.4. The van der Waals surface area contributed by atoms with Crippen molar-refractivity contribution in [3.8, 4) is 0 Å². The number of aliphatic carboxylic acids is 1. The quantitative estimate of drug-likeness (QED) is 0.806. The Balaban J connectivity index is 2.09. The number of piperidine rings is 1. The molecular formula is C14H24N2O3. The highest BCUT2D eigenvalue weighted by atomic mass is 16.4. The van der Waals surface area contributed by atoms with Gasteiger partial charge in [0.1, 0.15) is 6.04 Å². The van der Waals surface area contributed by atoms with Crippen molar-refractivity contribution in [3.63, 3.8) is 0 Å². The largest absolute Gasteiger partial charge is 0.480 e. The summed E-state index contributed by atoms with van der Waals surface area (Å²) in [5, 5.41) is 9.26. The zero-order chi connectivity index (χ0) is 13.8. The third-order valence-corrected chi connectivity index (χ3v) is 4.60. The molecule has 3 atom stereocenters. The van der Waals surface area contributed by atoms with E-state index >= 15 is 0 Å². The Morgan fingerprint density at radius 3 is 2.47 bits per heavy atom. The van der Waals surface area contributed by atoms with E-state index in [-0.39, 0.29) is 17.7 Å². The lowest BCUT2D eigenvalue weighted by molar-refractivity contribution is -0.155. The highest BCUT2D eigenvalue weighted by Crippen LogP contribution is 2.32. The van der Waals surface area contributed by atoms with Gasteiger partial charge in [-0.25, -0.2) is 4.79 Å². The summed E-state index contributed by atoms with van der Waals surface area (Å²) in [4.78, 5) is 25.5. The third-order valence-electron chi connectivity index (χ3n) is 4.60. The Morgan fingerprint density at radius 2 is 1.79 bits per heavy atom. The molecule has 0 aromatic heterocycles. The second-order valence-corrected chi connectivity index (χ2v) is 5.77. The summed E-state index contributed by atoms with van der Waals surface area (Å²) in [6, 6.07) is -0.624. The van der Waals surface area contributed by atoms with E-state index in [2.05, 4.69) is 0 Å². The van der Waals surface area contributed by atoms with Crippen LogP contribution in [0.5, 0.6) is 0 Å². The standard InChI is InChI=1S/C14H24N2O3/c15-9-10-5-1-2-6-11(10)13(17)16-8-4-3-7-12(16)14(18)19/h10-12H,1-9,15H2,(H,18,19)/t10?,11?,12-/m1/s1. The molecule has 19 heavy (non-hydrogen) atoms. The van der Waals surface area contributed by atoms with Crippen molar-refractivity contribution in [2.24, 2.45) is 17.6 Å². The Labute approximate surface area is 114 Å². The summed E-state index contributed by atoms with van der Waals surface area (Å²) in [6.07, 6.45) is 6.44. The predicted molar refractivity (Wildman–Crippen MR) is 71.5 cm³/mol. The molecule has 0 aromatic carbocycles. The molecule has 2 fully saturated rings. The van der Waals surface area contributed by atoms with E-state index in [0.717, 1.165) is 38.5 Å². The normalized spacial score (nSPS) is 32.1. The molecule has 1 amide bonds. The number of nitrogens with two attached hydrogens (primary N) is 1. The lowest BCUT2D eigenvalue weighted by atomic mass is 9.78. The lowest BCUT2D eigenvalue weighted by Crippen LogP contribution is -2.52. The van der Waals surface area contributed by atoms with Crippen molar-refractivity contribution in [2.45, 2.75) is 51.0 Å². The molecule has 1 saturated heterocycles. The Morgan fingerprint density at radius 1 is 1.11 bits per heavy atom. The lowest BCUT2D eigenvalue weighted by Gasteiger charge is -2.38. The summed E-state index contributed by atoms with van der Waals surface area (Å²) in [7, 11) is 0. The summed E-state index contributed by atoms with van der Waals surface area (Å²) < 4.78 is 0. The molecule has 0 bridgehead atoms. The van der Waals surface area contributed by atoms with Gasteiger partial charge < -0.3 is 15.7 Å². The van der Waals surface area contributed by atoms with E-state index in [0.29, 0.717) is 19.5 Å². The SMILES string of the molecule is NCC1CCCCC1C(=O)N1CCCC[C@@H]1C(=O)O. The summed E-state index contributed by atoms with van der Waals surface area (Å²) >= 11 is 0. The molecule has 1 heterocycles. The van der Waals surface area contributed by atoms with Crippen LogP contribution in [0.15, 0.2) is 0 Å². The second-order valence-electron chi connectivity index (χ2n) is 5.77. The van der Waals surface area contributed by atoms with Crippen LogP contribution in [0.4, 0.5) is 0 Å². The van der Waals surface area contributed by atoms with Crippen LogP contribution in [0.25, 0.3) is 0 Å². The van der Waals surface area contributed by atoms with Crippen molar-refractivity contribution < 1.29 is 14.7 Å². The topological polar surface area (TPSA) is 83.6 Å². The summed E-state index contributed by atoms with van der Waals surface area (Å²) in [6.45, 7) is 1.12. The van der Waals surface area contributed by atoms with E-state index in [1.165, 1.54) is 0 Å².